The highest BCUT2D eigenvalue weighted by molar-refractivity contribution is 7.20. The Hall–Kier alpha value is -8.63. The maximum Gasteiger partial charge on any atom is 0.237 e. The molecule has 304 valence electrons. The molecule has 0 atom stereocenters. The van der Waals surface area contributed by atoms with Crippen molar-refractivity contribution in [1.29, 1.82) is 0 Å². The van der Waals surface area contributed by atoms with Gasteiger partial charge in [-0.3, -0.25) is 9.13 Å². The van der Waals surface area contributed by atoms with Gasteiger partial charge in [0.2, 0.25) is 5.95 Å². The Balaban J connectivity index is 1.15. The lowest BCUT2D eigenvalue weighted by molar-refractivity contribution is 0.952. The molecule has 3 aromatic heterocycles. The molecule has 0 aliphatic rings. The van der Waals surface area contributed by atoms with E-state index in [9.17, 15) is 0 Å². The van der Waals surface area contributed by atoms with Crippen LogP contribution >= 0.6 is 0 Å². The largest absolute Gasteiger partial charge is 0.294 e. The summed E-state index contributed by atoms with van der Waals surface area (Å²) >= 11 is 0. The highest BCUT2D eigenvalue weighted by Crippen LogP contribution is 2.36. The number of nitrogens with zero attached hydrogens (tertiary/aromatic N) is 5. The molecule has 0 saturated heterocycles. The van der Waals surface area contributed by atoms with Crippen molar-refractivity contribution in [3.8, 4) is 34.2 Å². The van der Waals surface area contributed by atoms with Gasteiger partial charge in [-0.05, 0) is 67.6 Å². The van der Waals surface area contributed by atoms with Gasteiger partial charge in [-0.2, -0.15) is 4.98 Å². The van der Waals surface area contributed by atoms with Gasteiger partial charge in [0.05, 0.1) is 34.3 Å². The van der Waals surface area contributed by atoms with Crippen molar-refractivity contribution < 1.29 is 0 Å². The van der Waals surface area contributed by atoms with Gasteiger partial charge in [0, 0.05) is 27.8 Å². The minimum atomic E-state index is -2.99. The topological polar surface area (TPSA) is 40.0 Å². The van der Waals surface area contributed by atoms with Crippen LogP contribution in [-0.2, 0) is 0 Å². The monoisotopic (exact) mass is 845 g/mol. The predicted octanol–water partition coefficient (Wildman–Crippen LogP) is 11.9. The summed E-state index contributed by atoms with van der Waals surface area (Å²) in [6, 6.07) is 84.6. The summed E-state index contributed by atoms with van der Waals surface area (Å²) in [6.07, 6.45) is 0. The second-order valence-corrected chi connectivity index (χ2v) is 20.3. The Labute approximate surface area is 377 Å². The fourth-order valence-corrected chi connectivity index (χ4v) is 14.9. The molecule has 65 heavy (non-hydrogen) atoms. The number of hydrogen-bond acceptors (Lipinski definition) is 2. The summed E-state index contributed by atoms with van der Waals surface area (Å²) in [5, 5.41) is 9.50. The molecule has 5 nitrogen and oxygen atoms in total. The molecule has 0 unspecified atom stereocenters. The molecular weight excluding hydrogens is 807 g/mol. The molecule has 3 heterocycles. The van der Waals surface area contributed by atoms with E-state index in [-0.39, 0.29) is 0 Å². The van der Waals surface area contributed by atoms with Crippen molar-refractivity contribution in [3.05, 3.63) is 248 Å². The van der Waals surface area contributed by atoms with Crippen molar-refractivity contribution in [2.75, 3.05) is 0 Å². The SMILES string of the molecule is [C-]#[N+]c1ccc2c(c1)c1ccccc1n2-c1nc(-c2cccc([Si](c3ccccc3)(c3ccccc3)c3cccc(-c4ccccc4)c3)c2)cc(-n2c3ccccc3c3ccccc32)n1. The molecule has 0 N–H and O–H groups in total. The van der Waals surface area contributed by atoms with Crippen molar-refractivity contribution in [3.63, 3.8) is 0 Å². The molecular formula is C59H39N5Si. The molecule has 6 heteroatoms. The van der Waals surface area contributed by atoms with Crippen LogP contribution in [-0.4, -0.2) is 27.2 Å². The zero-order valence-electron chi connectivity index (χ0n) is 35.3. The van der Waals surface area contributed by atoms with Gasteiger partial charge < -0.3 is 0 Å². The Morgan fingerprint density at radius 3 is 1.42 bits per heavy atom. The van der Waals surface area contributed by atoms with Crippen molar-refractivity contribution in [1.82, 2.24) is 19.1 Å². The first kappa shape index (κ1) is 38.1. The van der Waals surface area contributed by atoms with Gasteiger partial charge >= 0.3 is 0 Å². The van der Waals surface area contributed by atoms with Crippen LogP contribution in [0.25, 0.3) is 82.6 Å². The van der Waals surface area contributed by atoms with E-state index in [1.165, 1.54) is 31.9 Å². The Kier molecular flexibility index (Phi) is 9.15. The zero-order valence-corrected chi connectivity index (χ0v) is 36.3. The van der Waals surface area contributed by atoms with Crippen LogP contribution in [0.1, 0.15) is 0 Å². The summed E-state index contributed by atoms with van der Waals surface area (Å²) in [5.74, 6) is 1.32. The first-order valence-electron chi connectivity index (χ1n) is 21.9. The highest BCUT2D eigenvalue weighted by atomic mass is 28.3. The van der Waals surface area contributed by atoms with Crippen LogP contribution in [0.15, 0.2) is 237 Å². The van der Waals surface area contributed by atoms with Gasteiger partial charge in [-0.1, -0.05) is 200 Å². The van der Waals surface area contributed by atoms with Crippen LogP contribution in [0.4, 0.5) is 5.69 Å². The first-order chi connectivity index (χ1) is 32.2. The van der Waals surface area contributed by atoms with E-state index >= 15 is 0 Å². The van der Waals surface area contributed by atoms with Gasteiger partial charge in [0.15, 0.2) is 13.8 Å². The molecule has 12 rings (SSSR count). The number of aromatic nitrogens is 4. The van der Waals surface area contributed by atoms with E-state index in [1.807, 2.05) is 24.3 Å². The van der Waals surface area contributed by atoms with Gasteiger partial charge in [0.1, 0.15) is 5.82 Å². The summed E-state index contributed by atoms with van der Waals surface area (Å²) in [7, 11) is -2.99. The number of fused-ring (bicyclic) bond motifs is 6. The third-order valence-corrected chi connectivity index (χ3v) is 17.7. The molecule has 0 radical (unpaired) electrons. The fourth-order valence-electron chi connectivity index (χ4n) is 10.1. The number of benzene rings is 9. The quantitative estimate of drug-likeness (QED) is 0.0868. The molecule has 12 aromatic rings. The predicted molar refractivity (Wildman–Crippen MR) is 271 cm³/mol. The maximum absolute atomic E-state index is 7.83. The fraction of sp³-hybridized carbons (Fsp3) is 0. The van der Waals surface area contributed by atoms with Crippen LogP contribution in [0.3, 0.4) is 0 Å². The maximum atomic E-state index is 7.83. The van der Waals surface area contributed by atoms with Crippen molar-refractivity contribution >= 4 is 78.1 Å². The molecule has 0 aliphatic heterocycles. The molecule has 0 fully saturated rings. The molecule has 0 bridgehead atoms. The lowest BCUT2D eigenvalue weighted by Gasteiger charge is -2.35. The molecule has 9 aromatic carbocycles. The third kappa shape index (κ3) is 6.21. The van der Waals surface area contributed by atoms with Crippen molar-refractivity contribution in [2.45, 2.75) is 0 Å². The van der Waals surface area contributed by atoms with Gasteiger partial charge in [-0.25, -0.2) is 9.83 Å². The van der Waals surface area contributed by atoms with E-state index < -0.39 is 8.07 Å². The van der Waals surface area contributed by atoms with Crippen LogP contribution < -0.4 is 20.7 Å². The lowest BCUT2D eigenvalue weighted by atomic mass is 10.1. The summed E-state index contributed by atoms with van der Waals surface area (Å²) < 4.78 is 4.43. The van der Waals surface area contributed by atoms with Gasteiger partial charge in [-0.15, -0.1) is 0 Å². The zero-order chi connectivity index (χ0) is 43.3. The minimum Gasteiger partial charge on any atom is -0.294 e. The number of hydrogen-bond donors (Lipinski definition) is 0. The summed E-state index contributed by atoms with van der Waals surface area (Å²) in [5.41, 5.74) is 8.82. The van der Waals surface area contributed by atoms with Crippen LogP contribution in [0.2, 0.25) is 0 Å². The van der Waals surface area contributed by atoms with Gasteiger partial charge in [0.25, 0.3) is 0 Å². The summed E-state index contributed by atoms with van der Waals surface area (Å²) in [6.45, 7) is 7.83. The van der Waals surface area contributed by atoms with E-state index in [1.54, 1.807) is 0 Å². The number of rotatable bonds is 8. The second kappa shape index (κ2) is 15.6. The Bertz CT molecular complexity index is 3700. The average Bonchev–Trinajstić information content (AvgIpc) is 3.90. The average molecular weight is 846 g/mol. The summed E-state index contributed by atoms with van der Waals surface area (Å²) in [4.78, 5) is 14.8. The third-order valence-electron chi connectivity index (χ3n) is 12.9. The number of para-hydroxylation sites is 3. The molecule has 0 aliphatic carbocycles. The molecule has 0 spiro atoms. The molecule has 0 amide bonds. The second-order valence-electron chi connectivity index (χ2n) is 16.5. The van der Waals surface area contributed by atoms with Crippen LogP contribution in [0.5, 0.6) is 0 Å². The first-order valence-corrected chi connectivity index (χ1v) is 23.9. The normalized spacial score (nSPS) is 11.7. The van der Waals surface area contributed by atoms with E-state index in [4.69, 9.17) is 16.5 Å². The van der Waals surface area contributed by atoms with E-state index in [0.717, 1.165) is 60.7 Å². The van der Waals surface area contributed by atoms with E-state index in [0.29, 0.717) is 11.6 Å². The lowest BCUT2D eigenvalue weighted by Crippen LogP contribution is -2.74. The van der Waals surface area contributed by atoms with Crippen molar-refractivity contribution in [2.24, 2.45) is 0 Å². The molecule has 0 saturated carbocycles. The highest BCUT2D eigenvalue weighted by Gasteiger charge is 2.42. The Morgan fingerprint density at radius 2 is 0.815 bits per heavy atom. The standard InChI is InChI=1S/C59H39N5Si/c1-60-44-35-36-57-52(39-44)51-31-13-16-34-56(51)64(57)59-61-53(40-58(62-59)63-54-32-14-11-29-49(54)50-30-12-15-33-55(50)63)43-22-18-28-48(38-43)65(45-23-7-3-8-24-45,46-25-9-4-10-26-46)47-27-17-21-42(37-47)41-19-5-2-6-20-41/h2-40H. The minimum absolute atomic E-state index is 0.553. The smallest absolute Gasteiger partial charge is 0.237 e. The van der Waals surface area contributed by atoms with Crippen LogP contribution in [0, 0.1) is 6.57 Å². The Morgan fingerprint density at radius 1 is 0.354 bits per heavy atom. The van der Waals surface area contributed by atoms with E-state index in [2.05, 4.69) is 226 Å².